The third-order valence-electron chi connectivity index (χ3n) is 4.42. The Morgan fingerprint density at radius 2 is 1.80 bits per heavy atom. The van der Waals surface area contributed by atoms with Gasteiger partial charge in [0.15, 0.2) is 0 Å². The minimum atomic E-state index is -0.975. The predicted octanol–water partition coefficient (Wildman–Crippen LogP) is 4.88. The number of carbonyl (C=O) groups is 1. The van der Waals surface area contributed by atoms with Gasteiger partial charge in [0.2, 0.25) is 0 Å². The van der Waals surface area contributed by atoms with Crippen LogP contribution in [0.1, 0.15) is 49.2 Å². The zero-order valence-corrected chi connectivity index (χ0v) is 14.5. The first kappa shape index (κ1) is 17.1. The number of halogens is 1. The summed E-state index contributed by atoms with van der Waals surface area (Å²) in [6.07, 6.45) is 0.630. The topological polar surface area (TPSA) is 52.9 Å². The Morgan fingerprint density at radius 1 is 1.16 bits per heavy atom. The number of hydrogen-bond donors (Lipinski definition) is 1. The van der Waals surface area contributed by atoms with Gasteiger partial charge >= 0.3 is 5.97 Å². The van der Waals surface area contributed by atoms with Gasteiger partial charge in [-0.2, -0.15) is 5.10 Å². The van der Waals surface area contributed by atoms with E-state index in [4.69, 9.17) is 10.2 Å². The quantitative estimate of drug-likeness (QED) is 0.866. The molecule has 0 radical (unpaired) electrons. The molecule has 1 N–H and O–H groups in total. The van der Waals surface area contributed by atoms with E-state index in [1.165, 1.54) is 6.07 Å². The van der Waals surface area contributed by atoms with Gasteiger partial charge in [-0.15, -0.1) is 0 Å². The molecule has 130 valence electrons. The van der Waals surface area contributed by atoms with Gasteiger partial charge < -0.3 is 5.11 Å². The number of rotatable bonds is 3. The highest BCUT2D eigenvalue weighted by Gasteiger charge is 2.35. The lowest BCUT2D eigenvalue weighted by atomic mass is 9.85. The number of aromatic carboxylic acids is 1. The fourth-order valence-corrected chi connectivity index (χ4v) is 2.95. The molecule has 0 saturated carbocycles. The van der Waals surface area contributed by atoms with Crippen LogP contribution in [0.2, 0.25) is 0 Å². The van der Waals surface area contributed by atoms with Crippen molar-refractivity contribution in [2.75, 3.05) is 5.01 Å². The second kappa shape index (κ2) is 6.31. The number of nitrogens with zero attached hydrogens (tertiary/aromatic N) is 2. The lowest BCUT2D eigenvalue weighted by Gasteiger charge is -2.24. The Morgan fingerprint density at radius 3 is 2.36 bits per heavy atom. The van der Waals surface area contributed by atoms with Crippen LogP contribution >= 0.6 is 0 Å². The molecule has 3 rings (SSSR count). The van der Waals surface area contributed by atoms with E-state index in [1.807, 2.05) is 6.07 Å². The van der Waals surface area contributed by atoms with E-state index in [0.29, 0.717) is 12.0 Å². The zero-order valence-electron chi connectivity index (χ0n) is 14.5. The summed E-state index contributed by atoms with van der Waals surface area (Å²) in [5.74, 6) is -1.23. The maximum atomic E-state index is 14.4. The van der Waals surface area contributed by atoms with Crippen molar-refractivity contribution in [3.63, 3.8) is 0 Å². The van der Waals surface area contributed by atoms with Crippen LogP contribution < -0.4 is 5.01 Å². The predicted molar refractivity (Wildman–Crippen MR) is 96.5 cm³/mol. The van der Waals surface area contributed by atoms with Crippen molar-refractivity contribution in [2.24, 2.45) is 10.5 Å². The van der Waals surface area contributed by atoms with Crippen LogP contribution in [0.3, 0.4) is 0 Å². The highest BCUT2D eigenvalue weighted by molar-refractivity contribution is 5.93. The van der Waals surface area contributed by atoms with Crippen LogP contribution in [0.5, 0.6) is 0 Å². The third-order valence-corrected chi connectivity index (χ3v) is 4.42. The number of carboxylic acid groups (broad SMARTS) is 1. The molecular formula is C20H21FN2O2. The van der Waals surface area contributed by atoms with Crippen LogP contribution in [-0.4, -0.2) is 16.8 Å². The molecule has 0 saturated heterocycles. The van der Waals surface area contributed by atoms with Crippen molar-refractivity contribution in [2.45, 2.75) is 33.2 Å². The molecule has 1 aliphatic rings. The van der Waals surface area contributed by atoms with Crippen LogP contribution in [0.4, 0.5) is 10.1 Å². The summed E-state index contributed by atoms with van der Waals surface area (Å²) in [4.78, 5) is 11.1. The molecule has 1 atom stereocenters. The molecule has 0 bridgehead atoms. The fourth-order valence-electron chi connectivity index (χ4n) is 2.95. The van der Waals surface area contributed by atoms with Crippen molar-refractivity contribution in [3.05, 3.63) is 65.5 Å². The van der Waals surface area contributed by atoms with E-state index in [0.717, 1.165) is 11.4 Å². The lowest BCUT2D eigenvalue weighted by molar-refractivity contribution is 0.0697. The molecule has 2 aromatic rings. The third kappa shape index (κ3) is 3.40. The molecule has 5 heteroatoms. The summed E-state index contributed by atoms with van der Waals surface area (Å²) in [6.45, 7) is 6.25. The summed E-state index contributed by atoms with van der Waals surface area (Å²) in [7, 11) is 0. The standard InChI is InChI=1S/C20H21FN2O2/c1-20(2,3)18-12-17(15-6-4-5-7-16(15)21)23(22-18)14-10-8-13(9-11-14)19(24)25/h4-11,17H,12H2,1-3H3,(H,24,25). The van der Waals surface area contributed by atoms with Gasteiger partial charge in [0.25, 0.3) is 0 Å². The summed E-state index contributed by atoms with van der Waals surface area (Å²) in [6, 6.07) is 13.0. The van der Waals surface area contributed by atoms with Crippen molar-refractivity contribution in [1.82, 2.24) is 0 Å². The summed E-state index contributed by atoms with van der Waals surface area (Å²) in [5, 5.41) is 15.6. The smallest absolute Gasteiger partial charge is 0.335 e. The molecule has 1 unspecified atom stereocenters. The number of hydrogen-bond acceptors (Lipinski definition) is 3. The van der Waals surface area contributed by atoms with Gasteiger partial charge in [-0.05, 0) is 30.3 Å². The lowest BCUT2D eigenvalue weighted by Crippen LogP contribution is -2.20. The fraction of sp³-hybridized carbons (Fsp3) is 0.300. The van der Waals surface area contributed by atoms with Crippen LogP contribution in [0.15, 0.2) is 53.6 Å². The molecule has 25 heavy (non-hydrogen) atoms. The van der Waals surface area contributed by atoms with E-state index in [1.54, 1.807) is 41.4 Å². The van der Waals surface area contributed by atoms with E-state index >= 15 is 0 Å². The maximum Gasteiger partial charge on any atom is 0.335 e. The molecular weight excluding hydrogens is 319 g/mol. The monoisotopic (exact) mass is 340 g/mol. The van der Waals surface area contributed by atoms with Crippen molar-refractivity contribution < 1.29 is 14.3 Å². The van der Waals surface area contributed by atoms with Gasteiger partial charge in [-0.1, -0.05) is 39.0 Å². The molecule has 2 aromatic carbocycles. The number of benzene rings is 2. The maximum absolute atomic E-state index is 14.4. The second-order valence-electron chi connectivity index (χ2n) is 7.23. The van der Waals surface area contributed by atoms with Crippen LogP contribution in [-0.2, 0) is 0 Å². The first-order valence-electron chi connectivity index (χ1n) is 8.22. The van der Waals surface area contributed by atoms with Gasteiger partial charge in [-0.3, -0.25) is 5.01 Å². The van der Waals surface area contributed by atoms with E-state index in [2.05, 4.69) is 20.8 Å². The Labute approximate surface area is 146 Å². The zero-order chi connectivity index (χ0) is 18.2. The molecule has 1 heterocycles. The first-order valence-corrected chi connectivity index (χ1v) is 8.22. The summed E-state index contributed by atoms with van der Waals surface area (Å²) in [5.41, 5.74) is 2.41. The Hall–Kier alpha value is -2.69. The normalized spacial score (nSPS) is 17.5. The highest BCUT2D eigenvalue weighted by atomic mass is 19.1. The second-order valence-corrected chi connectivity index (χ2v) is 7.23. The van der Waals surface area contributed by atoms with Gasteiger partial charge in [0, 0.05) is 23.1 Å². The minimum absolute atomic E-state index is 0.126. The van der Waals surface area contributed by atoms with E-state index in [9.17, 15) is 9.18 Å². The first-order chi connectivity index (χ1) is 11.8. The molecule has 0 spiro atoms. The van der Waals surface area contributed by atoms with Crippen molar-refractivity contribution in [1.29, 1.82) is 0 Å². The van der Waals surface area contributed by atoms with Crippen LogP contribution in [0.25, 0.3) is 0 Å². The van der Waals surface area contributed by atoms with Crippen molar-refractivity contribution in [3.8, 4) is 0 Å². The van der Waals surface area contributed by atoms with E-state index in [-0.39, 0.29) is 22.8 Å². The number of carboxylic acids is 1. The molecule has 0 fully saturated rings. The number of hydrazone groups is 1. The average molecular weight is 340 g/mol. The van der Waals surface area contributed by atoms with E-state index < -0.39 is 5.97 Å². The van der Waals surface area contributed by atoms with Gasteiger partial charge in [0.05, 0.1) is 17.3 Å². The Bertz CT molecular complexity index is 822. The molecule has 4 nitrogen and oxygen atoms in total. The molecule has 0 aromatic heterocycles. The SMILES string of the molecule is CC(C)(C)C1=NN(c2ccc(C(=O)O)cc2)C(c2ccccc2F)C1. The van der Waals surface area contributed by atoms with Crippen molar-refractivity contribution >= 4 is 17.4 Å². The van der Waals surface area contributed by atoms with Gasteiger partial charge in [0.1, 0.15) is 5.82 Å². The summed E-state index contributed by atoms with van der Waals surface area (Å²) >= 11 is 0. The molecule has 1 aliphatic heterocycles. The Kier molecular flexibility index (Phi) is 4.33. The van der Waals surface area contributed by atoms with Crippen LogP contribution in [0, 0.1) is 11.2 Å². The largest absolute Gasteiger partial charge is 0.478 e. The number of anilines is 1. The Balaban J connectivity index is 2.03. The molecule has 0 amide bonds. The van der Waals surface area contributed by atoms with Gasteiger partial charge in [-0.25, -0.2) is 9.18 Å². The molecule has 0 aliphatic carbocycles. The minimum Gasteiger partial charge on any atom is -0.478 e. The highest BCUT2D eigenvalue weighted by Crippen LogP contribution is 2.40. The average Bonchev–Trinajstić information content (AvgIpc) is 3.00. The summed E-state index contributed by atoms with van der Waals surface area (Å²) < 4.78 is 14.4.